The molecule has 0 saturated carbocycles. The highest BCUT2D eigenvalue weighted by molar-refractivity contribution is 5.87. The normalized spacial score (nSPS) is 12.0. The molecule has 92 valence electrons. The van der Waals surface area contributed by atoms with Crippen molar-refractivity contribution in [1.29, 1.82) is 0 Å². The van der Waals surface area contributed by atoms with E-state index in [2.05, 4.69) is 17.2 Å². The van der Waals surface area contributed by atoms with Gasteiger partial charge < -0.3 is 16.4 Å². The van der Waals surface area contributed by atoms with Crippen LogP contribution >= 0.6 is 0 Å². The molecule has 0 unspecified atom stereocenters. The average molecular weight is 227 g/mol. The second-order valence-corrected chi connectivity index (χ2v) is 4.05. The lowest BCUT2D eigenvalue weighted by molar-refractivity contribution is -0.126. The minimum absolute atomic E-state index is 0.0432. The summed E-state index contributed by atoms with van der Waals surface area (Å²) in [5.41, 5.74) is 5.64. The smallest absolute Gasteiger partial charge is 0.239 e. The van der Waals surface area contributed by atoms with Gasteiger partial charge in [-0.15, -0.1) is 6.58 Å². The van der Waals surface area contributed by atoms with Crippen LogP contribution in [-0.4, -0.2) is 30.9 Å². The van der Waals surface area contributed by atoms with Crippen LogP contribution in [0.1, 0.15) is 20.3 Å². The predicted molar refractivity (Wildman–Crippen MR) is 63.6 cm³/mol. The number of carbonyl (C=O) groups excluding carboxylic acids is 2. The minimum Gasteiger partial charge on any atom is -0.351 e. The lowest BCUT2D eigenvalue weighted by Gasteiger charge is -2.13. The fourth-order valence-electron chi connectivity index (χ4n) is 1.16. The molecule has 0 aromatic rings. The fraction of sp³-hybridized carbons (Fsp3) is 0.636. The van der Waals surface area contributed by atoms with Crippen molar-refractivity contribution in [2.75, 3.05) is 13.1 Å². The van der Waals surface area contributed by atoms with Crippen LogP contribution in [0.4, 0.5) is 0 Å². The standard InChI is InChI=1S/C11H21N3O2/c1-4-5-13-10(15)7-14-11(16)9(12)6-8(2)3/h4,8-9H,1,5-7,12H2,2-3H3,(H,13,15)(H,14,16)/t9-/m0/s1. The molecular formula is C11H21N3O2. The van der Waals surface area contributed by atoms with Crippen LogP contribution in [0.25, 0.3) is 0 Å². The molecular weight excluding hydrogens is 206 g/mol. The average Bonchev–Trinajstić information content (AvgIpc) is 2.21. The van der Waals surface area contributed by atoms with Gasteiger partial charge in [0.05, 0.1) is 12.6 Å². The Labute approximate surface area is 96.5 Å². The zero-order valence-electron chi connectivity index (χ0n) is 9.95. The summed E-state index contributed by atoms with van der Waals surface area (Å²) in [6.45, 7) is 7.80. The Morgan fingerprint density at radius 1 is 1.38 bits per heavy atom. The summed E-state index contributed by atoms with van der Waals surface area (Å²) in [5, 5.41) is 5.04. The lowest BCUT2D eigenvalue weighted by atomic mass is 10.0. The minimum atomic E-state index is -0.549. The van der Waals surface area contributed by atoms with E-state index < -0.39 is 6.04 Å². The number of hydrogen-bond acceptors (Lipinski definition) is 3. The van der Waals surface area contributed by atoms with Crippen molar-refractivity contribution in [3.8, 4) is 0 Å². The van der Waals surface area contributed by atoms with Gasteiger partial charge in [-0.05, 0) is 12.3 Å². The Morgan fingerprint density at radius 3 is 2.50 bits per heavy atom. The maximum Gasteiger partial charge on any atom is 0.239 e. The zero-order chi connectivity index (χ0) is 12.6. The van der Waals surface area contributed by atoms with E-state index in [1.807, 2.05) is 13.8 Å². The molecule has 5 heteroatoms. The quantitative estimate of drug-likeness (QED) is 0.526. The molecule has 0 aliphatic rings. The Hall–Kier alpha value is -1.36. The van der Waals surface area contributed by atoms with Gasteiger partial charge in [0.2, 0.25) is 11.8 Å². The molecule has 0 aromatic heterocycles. The number of hydrogen-bond donors (Lipinski definition) is 3. The van der Waals surface area contributed by atoms with Gasteiger partial charge >= 0.3 is 0 Å². The molecule has 0 aliphatic heterocycles. The molecule has 0 spiro atoms. The molecule has 0 aromatic carbocycles. The highest BCUT2D eigenvalue weighted by Crippen LogP contribution is 2.01. The van der Waals surface area contributed by atoms with Crippen LogP contribution in [0, 0.1) is 5.92 Å². The summed E-state index contributed by atoms with van der Waals surface area (Å²) in [6.07, 6.45) is 2.18. The fourth-order valence-corrected chi connectivity index (χ4v) is 1.16. The van der Waals surface area contributed by atoms with E-state index in [4.69, 9.17) is 5.73 Å². The number of nitrogens with one attached hydrogen (secondary N) is 2. The molecule has 2 amide bonds. The van der Waals surface area contributed by atoms with Crippen LogP contribution in [0.3, 0.4) is 0 Å². The first-order valence-corrected chi connectivity index (χ1v) is 5.38. The van der Waals surface area contributed by atoms with Crippen molar-refractivity contribution in [3.63, 3.8) is 0 Å². The van der Waals surface area contributed by atoms with E-state index in [0.717, 1.165) is 0 Å². The summed E-state index contributed by atoms with van der Waals surface area (Å²) in [4.78, 5) is 22.6. The molecule has 0 rings (SSSR count). The van der Waals surface area contributed by atoms with Gasteiger partial charge in [0.15, 0.2) is 0 Å². The monoisotopic (exact) mass is 227 g/mol. The summed E-state index contributed by atoms with van der Waals surface area (Å²) in [6, 6.07) is -0.549. The molecule has 0 fully saturated rings. The van der Waals surface area contributed by atoms with E-state index in [-0.39, 0.29) is 18.4 Å². The highest BCUT2D eigenvalue weighted by Gasteiger charge is 2.15. The largest absolute Gasteiger partial charge is 0.351 e. The van der Waals surface area contributed by atoms with Crippen molar-refractivity contribution in [3.05, 3.63) is 12.7 Å². The molecule has 0 heterocycles. The molecule has 5 nitrogen and oxygen atoms in total. The lowest BCUT2D eigenvalue weighted by Crippen LogP contribution is -2.45. The Morgan fingerprint density at radius 2 is 2.00 bits per heavy atom. The van der Waals surface area contributed by atoms with Gasteiger partial charge in [-0.3, -0.25) is 9.59 Å². The maximum atomic E-state index is 11.4. The molecule has 0 radical (unpaired) electrons. The Balaban J connectivity index is 3.79. The van der Waals surface area contributed by atoms with E-state index in [0.29, 0.717) is 18.9 Å². The van der Waals surface area contributed by atoms with Crippen LogP contribution in [0.5, 0.6) is 0 Å². The maximum absolute atomic E-state index is 11.4. The van der Waals surface area contributed by atoms with Crippen LogP contribution in [-0.2, 0) is 9.59 Å². The van der Waals surface area contributed by atoms with Crippen LogP contribution in [0.2, 0.25) is 0 Å². The van der Waals surface area contributed by atoms with Crippen LogP contribution < -0.4 is 16.4 Å². The first-order chi connectivity index (χ1) is 7.47. The van der Waals surface area contributed by atoms with Gasteiger partial charge in [-0.1, -0.05) is 19.9 Å². The molecule has 0 bridgehead atoms. The van der Waals surface area contributed by atoms with E-state index in [1.54, 1.807) is 6.08 Å². The van der Waals surface area contributed by atoms with Gasteiger partial charge in [-0.2, -0.15) is 0 Å². The molecule has 16 heavy (non-hydrogen) atoms. The molecule has 0 aliphatic carbocycles. The van der Waals surface area contributed by atoms with Gasteiger partial charge in [0.25, 0.3) is 0 Å². The topological polar surface area (TPSA) is 84.2 Å². The SMILES string of the molecule is C=CCNC(=O)CNC(=O)[C@@H](N)CC(C)C. The van der Waals surface area contributed by atoms with Crippen LogP contribution in [0.15, 0.2) is 12.7 Å². The summed E-state index contributed by atoms with van der Waals surface area (Å²) in [7, 11) is 0. The zero-order valence-corrected chi connectivity index (χ0v) is 9.95. The second kappa shape index (κ2) is 7.87. The Bertz CT molecular complexity index is 252. The van der Waals surface area contributed by atoms with E-state index in [9.17, 15) is 9.59 Å². The summed E-state index contributed by atoms with van der Waals surface area (Å²) >= 11 is 0. The third-order valence-corrected chi connectivity index (χ3v) is 1.93. The first kappa shape index (κ1) is 14.6. The van der Waals surface area contributed by atoms with E-state index >= 15 is 0 Å². The van der Waals surface area contributed by atoms with Crippen molar-refractivity contribution in [1.82, 2.24) is 10.6 Å². The number of amides is 2. The van der Waals surface area contributed by atoms with Crippen molar-refractivity contribution < 1.29 is 9.59 Å². The third kappa shape index (κ3) is 7.00. The highest BCUT2D eigenvalue weighted by atomic mass is 16.2. The summed E-state index contributed by atoms with van der Waals surface area (Å²) in [5.74, 6) is -0.178. The third-order valence-electron chi connectivity index (χ3n) is 1.93. The summed E-state index contributed by atoms with van der Waals surface area (Å²) < 4.78 is 0. The van der Waals surface area contributed by atoms with Gasteiger partial charge in [0, 0.05) is 6.54 Å². The number of carbonyl (C=O) groups is 2. The number of rotatable bonds is 7. The van der Waals surface area contributed by atoms with Gasteiger partial charge in [0.1, 0.15) is 0 Å². The molecule has 1 atom stereocenters. The van der Waals surface area contributed by atoms with Crippen molar-refractivity contribution >= 4 is 11.8 Å². The Kier molecular flexibility index (Phi) is 7.20. The number of nitrogens with two attached hydrogens (primary N) is 1. The van der Waals surface area contributed by atoms with Gasteiger partial charge in [-0.25, -0.2) is 0 Å². The van der Waals surface area contributed by atoms with Crippen molar-refractivity contribution in [2.24, 2.45) is 11.7 Å². The second-order valence-electron chi connectivity index (χ2n) is 4.05. The predicted octanol–water partition coefficient (Wildman–Crippen LogP) is -0.222. The first-order valence-electron chi connectivity index (χ1n) is 5.38. The molecule has 0 saturated heterocycles. The van der Waals surface area contributed by atoms with E-state index in [1.165, 1.54) is 0 Å². The molecule has 4 N–H and O–H groups in total. The van der Waals surface area contributed by atoms with Crippen molar-refractivity contribution in [2.45, 2.75) is 26.3 Å².